The lowest BCUT2D eigenvalue weighted by Crippen LogP contribution is -3.00. The Morgan fingerprint density at radius 2 is 1.23 bits per heavy atom. The molecule has 0 aromatic carbocycles. The number of nitrogens with one attached hydrogen (secondary N) is 2. The van der Waals surface area contributed by atoms with Crippen LogP contribution in [0.2, 0.25) is 6.04 Å². The average molecular weight is 595 g/mol. The number of rotatable bonds is 15. The quantitative estimate of drug-likeness (QED) is 0.108. The van der Waals surface area contributed by atoms with E-state index in [1.54, 1.807) is 21.3 Å². The van der Waals surface area contributed by atoms with E-state index in [9.17, 15) is 9.59 Å². The van der Waals surface area contributed by atoms with Crippen LogP contribution in [-0.4, -0.2) is 113 Å². The van der Waals surface area contributed by atoms with E-state index in [0.717, 1.165) is 49.4 Å². The van der Waals surface area contributed by atoms with Crippen molar-refractivity contribution >= 4 is 39.9 Å². The summed E-state index contributed by atoms with van der Waals surface area (Å²) in [5.74, 6) is 0. The predicted molar refractivity (Wildman–Crippen MR) is 139 cm³/mol. The van der Waals surface area contributed by atoms with Crippen molar-refractivity contribution in [2.75, 3.05) is 82.2 Å². The summed E-state index contributed by atoms with van der Waals surface area (Å²) in [7, 11) is 14.6. The molecule has 35 heavy (non-hydrogen) atoms. The molecule has 0 aliphatic rings. The molecule has 17 heteroatoms. The second-order valence-corrected chi connectivity index (χ2v) is 11.5. The van der Waals surface area contributed by atoms with Crippen molar-refractivity contribution in [2.45, 2.75) is 25.3 Å². The normalized spacial score (nSPS) is 10.5. The number of quaternary nitrogens is 1. The minimum atomic E-state index is -2.46. The van der Waals surface area contributed by atoms with Crippen LogP contribution in [0.1, 0.15) is 19.3 Å². The highest BCUT2D eigenvalue weighted by Crippen LogP contribution is 2.16. The summed E-state index contributed by atoms with van der Waals surface area (Å²) in [6, 6.07) is 0.801. The topological polar surface area (TPSA) is 108 Å². The molecule has 2 amide bonds. The molecule has 0 saturated carbocycles. The van der Waals surface area contributed by atoms with Gasteiger partial charge in [0.25, 0.3) is 0 Å². The van der Waals surface area contributed by atoms with Crippen LogP contribution in [-0.2, 0) is 22.3 Å². The summed E-state index contributed by atoms with van der Waals surface area (Å²) >= 11 is 0. The SMILES string of the molecule is CN(C)CCCNC(=O)OP.CO[Si](CCC[N+](C)(C)CCCNC(=O)OP)(OC)OC.F.F.[Cl-]. The molecule has 0 rings (SSSR count). The fourth-order valence-electron chi connectivity index (χ4n) is 2.76. The van der Waals surface area contributed by atoms with Crippen LogP contribution >= 0.6 is 18.9 Å². The first-order valence-electron chi connectivity index (χ1n) is 10.4. The maximum absolute atomic E-state index is 10.9. The second-order valence-electron chi connectivity index (χ2n) is 7.96. The fraction of sp³-hybridized carbons (Fsp3) is 0.889. The van der Waals surface area contributed by atoms with Gasteiger partial charge in [0.05, 0.1) is 46.1 Å². The molecule has 0 aliphatic heterocycles. The van der Waals surface area contributed by atoms with Crippen LogP contribution in [0.25, 0.3) is 0 Å². The lowest BCUT2D eigenvalue weighted by molar-refractivity contribution is -0.890. The molecule has 0 aromatic rings. The molecule has 0 radical (unpaired) electrons. The Morgan fingerprint density at radius 1 is 0.829 bits per heavy atom. The van der Waals surface area contributed by atoms with Crippen molar-refractivity contribution in [1.82, 2.24) is 15.5 Å². The molecule has 0 aromatic heterocycles. The fourth-order valence-corrected chi connectivity index (χ4v) is 4.63. The molecule has 216 valence electrons. The van der Waals surface area contributed by atoms with Gasteiger partial charge in [0.15, 0.2) is 0 Å². The smallest absolute Gasteiger partial charge is 0.500 e. The van der Waals surface area contributed by atoms with Crippen molar-refractivity contribution in [3.05, 3.63) is 0 Å². The lowest BCUT2D eigenvalue weighted by atomic mass is 10.3. The van der Waals surface area contributed by atoms with Crippen LogP contribution in [0.5, 0.6) is 0 Å². The van der Waals surface area contributed by atoms with Crippen LogP contribution in [0, 0.1) is 0 Å². The molecule has 0 saturated heterocycles. The zero-order chi connectivity index (χ0) is 25.0. The van der Waals surface area contributed by atoms with Gasteiger partial charge in [-0.25, -0.2) is 9.59 Å². The summed E-state index contributed by atoms with van der Waals surface area (Å²) in [5.41, 5.74) is 0. The molecular formula is C18H47ClF2N4O7P2Si. The van der Waals surface area contributed by atoms with Crippen LogP contribution in [0.4, 0.5) is 19.0 Å². The Hall–Kier alpha value is -0.433. The monoisotopic (exact) mass is 594 g/mol. The minimum Gasteiger partial charge on any atom is -1.00 e. The molecule has 0 fully saturated rings. The highest BCUT2D eigenvalue weighted by atomic mass is 35.5. The summed E-state index contributed by atoms with van der Waals surface area (Å²) in [4.78, 5) is 23.5. The molecular weight excluding hydrogens is 548 g/mol. The number of carbonyl (C=O) groups is 2. The zero-order valence-corrected chi connectivity index (χ0v) is 26.0. The third kappa shape index (κ3) is 26.4. The summed E-state index contributed by atoms with van der Waals surface area (Å²) in [6.45, 7) is 4.21. The van der Waals surface area contributed by atoms with E-state index in [1.807, 2.05) is 33.0 Å². The third-order valence-electron chi connectivity index (χ3n) is 4.65. The van der Waals surface area contributed by atoms with Crippen molar-refractivity contribution in [1.29, 1.82) is 0 Å². The highest BCUT2D eigenvalue weighted by Gasteiger charge is 2.37. The maximum Gasteiger partial charge on any atom is 0.500 e. The van der Waals surface area contributed by atoms with E-state index in [4.69, 9.17) is 13.3 Å². The number of halogens is 3. The number of nitrogens with zero attached hydrogens (tertiary/aromatic N) is 2. The van der Waals surface area contributed by atoms with Gasteiger partial charge in [0, 0.05) is 53.3 Å². The number of carbonyl (C=O) groups excluding carboxylic acids is 2. The lowest BCUT2D eigenvalue weighted by Gasteiger charge is -2.31. The van der Waals surface area contributed by atoms with Crippen molar-refractivity contribution < 1.29 is 58.2 Å². The van der Waals surface area contributed by atoms with Crippen LogP contribution < -0.4 is 23.0 Å². The summed E-state index contributed by atoms with van der Waals surface area (Å²) in [5, 5.41) is 5.25. The number of hydrogen-bond donors (Lipinski definition) is 2. The molecule has 2 unspecified atom stereocenters. The Kier molecular flexibility index (Phi) is 33.9. The van der Waals surface area contributed by atoms with Gasteiger partial charge >= 0.3 is 21.0 Å². The maximum atomic E-state index is 10.9. The molecule has 0 aliphatic carbocycles. The highest BCUT2D eigenvalue weighted by molar-refractivity contribution is 7.11. The van der Waals surface area contributed by atoms with Gasteiger partial charge in [-0.15, -0.1) is 0 Å². The van der Waals surface area contributed by atoms with Gasteiger partial charge < -0.3 is 54.7 Å². The summed E-state index contributed by atoms with van der Waals surface area (Å²) in [6.07, 6.45) is 1.99. The van der Waals surface area contributed by atoms with Crippen LogP contribution in [0.15, 0.2) is 0 Å². The standard InChI is InChI=1S/C12H29N2O5PSi.C6H15N2O2P.ClH.2FH/c1-14(2,9-6-8-13-12(15)19-20)10-7-11-21(16-3,17-4)18-5;1-8(2)5-3-4-7-6(9)10-11;;;/h6-11,20H2,1-5H3;3-5,11H2,1-2H3,(H,7,9);3*1H. The Balaban J connectivity index is -0.000000185. The first-order valence-corrected chi connectivity index (χ1v) is 13.3. The van der Waals surface area contributed by atoms with E-state index in [-0.39, 0.29) is 21.8 Å². The summed E-state index contributed by atoms with van der Waals surface area (Å²) < 4.78 is 25.9. The van der Waals surface area contributed by atoms with E-state index in [2.05, 4.69) is 38.7 Å². The number of amides is 2. The van der Waals surface area contributed by atoms with Gasteiger partial charge in [-0.05, 0) is 27.1 Å². The minimum absolute atomic E-state index is 0. The van der Waals surface area contributed by atoms with Gasteiger partial charge in [-0.3, -0.25) is 9.41 Å². The first kappa shape index (κ1) is 44.6. The molecule has 0 bridgehead atoms. The molecule has 11 nitrogen and oxygen atoms in total. The number of hydrogen-bond acceptors (Lipinski definition) is 8. The predicted octanol–water partition coefficient (Wildman–Crippen LogP) is -0.999. The first-order chi connectivity index (χ1) is 15.0. The third-order valence-corrected chi connectivity index (χ3v) is 7.91. The average Bonchev–Trinajstić information content (AvgIpc) is 2.77. The van der Waals surface area contributed by atoms with E-state index < -0.39 is 21.0 Å². The molecule has 2 N–H and O–H groups in total. The molecule has 2 atom stereocenters. The van der Waals surface area contributed by atoms with Crippen molar-refractivity contribution in [2.24, 2.45) is 0 Å². The molecule has 0 spiro atoms. The second kappa shape index (κ2) is 26.6. The Labute approximate surface area is 221 Å². The van der Waals surface area contributed by atoms with Gasteiger partial charge in [-0.1, -0.05) is 0 Å². The Morgan fingerprint density at radius 3 is 1.60 bits per heavy atom. The van der Waals surface area contributed by atoms with E-state index >= 15 is 0 Å². The van der Waals surface area contributed by atoms with Crippen molar-refractivity contribution in [3.8, 4) is 0 Å². The van der Waals surface area contributed by atoms with Gasteiger partial charge in [0.2, 0.25) is 0 Å². The van der Waals surface area contributed by atoms with E-state index in [0.29, 0.717) is 13.1 Å². The van der Waals surface area contributed by atoms with Crippen LogP contribution in [0.3, 0.4) is 0 Å². The van der Waals surface area contributed by atoms with Crippen molar-refractivity contribution in [3.63, 3.8) is 0 Å². The van der Waals surface area contributed by atoms with Gasteiger partial charge in [0.1, 0.15) is 0 Å². The molecule has 0 heterocycles. The Bertz CT molecular complexity index is 511. The largest absolute Gasteiger partial charge is 1.00 e. The zero-order valence-electron chi connectivity index (χ0n) is 22.0. The van der Waals surface area contributed by atoms with Gasteiger partial charge in [-0.2, -0.15) is 0 Å². The van der Waals surface area contributed by atoms with E-state index in [1.165, 1.54) is 0 Å².